The molecule has 0 spiro atoms. The number of hydrogen-bond donors (Lipinski definition) is 0. The summed E-state index contributed by atoms with van der Waals surface area (Å²) >= 11 is 0. The van der Waals surface area contributed by atoms with E-state index in [1.165, 1.54) is 16.8 Å². The van der Waals surface area contributed by atoms with E-state index in [1.54, 1.807) is 0 Å². The average Bonchev–Trinajstić information content (AvgIpc) is 2.45. The minimum absolute atomic E-state index is 0.245. The molecule has 1 aromatic rings. The van der Waals surface area contributed by atoms with Gasteiger partial charge in [0.25, 0.3) is 0 Å². The van der Waals surface area contributed by atoms with Gasteiger partial charge in [-0.1, -0.05) is 6.07 Å². The first-order valence-corrected chi connectivity index (χ1v) is 5.16. The maximum Gasteiger partial charge on any atom is 0.0589 e. The number of nitrogens with zero attached hydrogens (tertiary/aromatic N) is 2. The van der Waals surface area contributed by atoms with E-state index < -0.39 is 0 Å². The van der Waals surface area contributed by atoms with Gasteiger partial charge in [-0.05, 0) is 38.8 Å². The second-order valence-electron chi connectivity index (χ2n) is 5.15. The smallest absolute Gasteiger partial charge is 0.0589 e. The van der Waals surface area contributed by atoms with Crippen molar-refractivity contribution in [2.75, 3.05) is 0 Å². The van der Waals surface area contributed by atoms with Crippen molar-refractivity contribution in [3.8, 4) is 0 Å². The number of fused-ring (bicyclic) bond motifs is 1. The fraction of sp³-hybridized carbons (Fsp3) is 0.583. The molecule has 0 unspecified atom stereocenters. The minimum Gasteiger partial charge on any atom is -0.288 e. The van der Waals surface area contributed by atoms with Gasteiger partial charge in [-0.3, -0.25) is 9.88 Å². The van der Waals surface area contributed by atoms with Crippen LogP contribution in [0.25, 0.3) is 0 Å². The number of hydrogen-bond acceptors (Lipinski definition) is 2. The van der Waals surface area contributed by atoms with Crippen molar-refractivity contribution in [1.82, 2.24) is 9.88 Å². The van der Waals surface area contributed by atoms with Gasteiger partial charge in [0.1, 0.15) is 0 Å². The summed E-state index contributed by atoms with van der Waals surface area (Å²) in [7, 11) is 0. The highest BCUT2D eigenvalue weighted by Crippen LogP contribution is 2.27. The zero-order valence-electron chi connectivity index (χ0n) is 9.46. The second kappa shape index (κ2) is 3.06. The summed E-state index contributed by atoms with van der Waals surface area (Å²) in [6, 6.07) is 2.26. The first-order valence-electron chi connectivity index (χ1n) is 5.16. The van der Waals surface area contributed by atoms with E-state index in [1.807, 2.05) is 6.20 Å². The lowest BCUT2D eigenvalue weighted by Gasteiger charge is -2.30. The molecule has 0 saturated carbocycles. The molecule has 0 fully saturated rings. The summed E-state index contributed by atoms with van der Waals surface area (Å²) in [4.78, 5) is 6.94. The Labute approximate surface area is 86.0 Å². The van der Waals surface area contributed by atoms with Crippen molar-refractivity contribution in [3.05, 3.63) is 29.1 Å². The lowest BCUT2D eigenvalue weighted by atomic mass is 10.1. The molecule has 0 radical (unpaired) electrons. The van der Waals surface area contributed by atoms with Gasteiger partial charge in [0.15, 0.2) is 0 Å². The van der Waals surface area contributed by atoms with Crippen LogP contribution in [0.3, 0.4) is 0 Å². The van der Waals surface area contributed by atoms with E-state index in [-0.39, 0.29) is 5.54 Å². The topological polar surface area (TPSA) is 16.1 Å². The lowest BCUT2D eigenvalue weighted by Crippen LogP contribution is -2.36. The molecule has 0 N–H and O–H groups in total. The zero-order valence-corrected chi connectivity index (χ0v) is 9.46. The Balaban J connectivity index is 2.26. The summed E-state index contributed by atoms with van der Waals surface area (Å²) in [5.41, 5.74) is 4.17. The Morgan fingerprint density at radius 1 is 1.29 bits per heavy atom. The van der Waals surface area contributed by atoms with Crippen LogP contribution >= 0.6 is 0 Å². The first kappa shape index (κ1) is 9.66. The fourth-order valence-electron chi connectivity index (χ4n) is 1.85. The Morgan fingerprint density at radius 2 is 2.00 bits per heavy atom. The zero-order chi connectivity index (χ0) is 10.3. The molecule has 76 valence electrons. The minimum atomic E-state index is 0.245. The summed E-state index contributed by atoms with van der Waals surface area (Å²) in [5, 5.41) is 0. The van der Waals surface area contributed by atoms with Crippen LogP contribution in [0.4, 0.5) is 0 Å². The van der Waals surface area contributed by atoms with Crippen LogP contribution in [0.2, 0.25) is 0 Å². The van der Waals surface area contributed by atoms with Crippen LogP contribution < -0.4 is 0 Å². The molecule has 2 heterocycles. The first-order chi connectivity index (χ1) is 6.47. The second-order valence-corrected chi connectivity index (χ2v) is 5.15. The molecule has 1 aromatic heterocycles. The molecule has 2 nitrogen and oxygen atoms in total. The Morgan fingerprint density at radius 3 is 2.64 bits per heavy atom. The fourth-order valence-corrected chi connectivity index (χ4v) is 1.85. The van der Waals surface area contributed by atoms with Gasteiger partial charge in [0.2, 0.25) is 0 Å². The third kappa shape index (κ3) is 1.67. The summed E-state index contributed by atoms with van der Waals surface area (Å²) in [6.07, 6.45) is 1.96. The molecule has 0 amide bonds. The SMILES string of the molecule is Cc1cnc2c(c1)CN(C(C)(C)C)C2. The monoisotopic (exact) mass is 190 g/mol. The standard InChI is InChI=1S/C12H18N2/c1-9-5-10-7-14(12(2,3)4)8-11(10)13-6-9/h5-6H,7-8H2,1-4H3. The molecule has 1 aliphatic heterocycles. The third-order valence-electron chi connectivity index (χ3n) is 2.85. The number of aryl methyl sites for hydroxylation is 1. The summed E-state index contributed by atoms with van der Waals surface area (Å²) < 4.78 is 0. The van der Waals surface area contributed by atoms with Crippen LogP contribution in [0.1, 0.15) is 37.6 Å². The normalized spacial score (nSPS) is 17.1. The van der Waals surface area contributed by atoms with Gasteiger partial charge in [-0.25, -0.2) is 0 Å². The highest BCUT2D eigenvalue weighted by molar-refractivity contribution is 5.28. The van der Waals surface area contributed by atoms with E-state index >= 15 is 0 Å². The van der Waals surface area contributed by atoms with Crippen LogP contribution in [-0.4, -0.2) is 15.4 Å². The summed E-state index contributed by atoms with van der Waals surface area (Å²) in [5.74, 6) is 0. The van der Waals surface area contributed by atoms with Gasteiger partial charge >= 0.3 is 0 Å². The van der Waals surface area contributed by atoms with Crippen molar-refractivity contribution in [1.29, 1.82) is 0 Å². The average molecular weight is 190 g/mol. The Bertz CT molecular complexity index is 350. The van der Waals surface area contributed by atoms with Gasteiger partial charge in [0, 0.05) is 24.8 Å². The van der Waals surface area contributed by atoms with Gasteiger partial charge < -0.3 is 0 Å². The van der Waals surface area contributed by atoms with E-state index in [0.29, 0.717) is 0 Å². The number of pyridine rings is 1. The molecule has 14 heavy (non-hydrogen) atoms. The highest BCUT2D eigenvalue weighted by atomic mass is 15.2. The van der Waals surface area contributed by atoms with Crippen LogP contribution in [0, 0.1) is 6.92 Å². The van der Waals surface area contributed by atoms with Crippen molar-refractivity contribution in [3.63, 3.8) is 0 Å². The predicted molar refractivity (Wildman–Crippen MR) is 58.0 cm³/mol. The van der Waals surface area contributed by atoms with Crippen LogP contribution in [-0.2, 0) is 13.1 Å². The molecule has 0 bridgehead atoms. The quantitative estimate of drug-likeness (QED) is 0.625. The molecule has 2 rings (SSSR count). The van der Waals surface area contributed by atoms with Crippen LogP contribution in [0.15, 0.2) is 12.3 Å². The number of aromatic nitrogens is 1. The lowest BCUT2D eigenvalue weighted by molar-refractivity contribution is 0.135. The Kier molecular flexibility index (Phi) is 2.11. The van der Waals surface area contributed by atoms with E-state index in [0.717, 1.165) is 13.1 Å². The molecular weight excluding hydrogens is 172 g/mol. The van der Waals surface area contributed by atoms with Crippen LogP contribution in [0.5, 0.6) is 0 Å². The van der Waals surface area contributed by atoms with E-state index in [9.17, 15) is 0 Å². The highest BCUT2D eigenvalue weighted by Gasteiger charge is 2.28. The third-order valence-corrected chi connectivity index (χ3v) is 2.85. The molecule has 0 atom stereocenters. The molecule has 0 aliphatic carbocycles. The maximum absolute atomic E-state index is 4.48. The van der Waals surface area contributed by atoms with Gasteiger partial charge in [0.05, 0.1) is 5.69 Å². The number of rotatable bonds is 0. The van der Waals surface area contributed by atoms with E-state index in [4.69, 9.17) is 0 Å². The molecule has 0 aromatic carbocycles. The molecule has 0 saturated heterocycles. The van der Waals surface area contributed by atoms with Crippen molar-refractivity contribution in [2.24, 2.45) is 0 Å². The van der Waals surface area contributed by atoms with E-state index in [2.05, 4.69) is 43.6 Å². The van der Waals surface area contributed by atoms with Crippen molar-refractivity contribution < 1.29 is 0 Å². The van der Waals surface area contributed by atoms with Gasteiger partial charge in [-0.15, -0.1) is 0 Å². The summed E-state index contributed by atoms with van der Waals surface area (Å²) in [6.45, 7) is 10.9. The van der Waals surface area contributed by atoms with Gasteiger partial charge in [-0.2, -0.15) is 0 Å². The predicted octanol–water partition coefficient (Wildman–Crippen LogP) is 2.50. The largest absolute Gasteiger partial charge is 0.288 e. The van der Waals surface area contributed by atoms with Crippen molar-refractivity contribution in [2.45, 2.75) is 46.3 Å². The molecular formula is C12H18N2. The Hall–Kier alpha value is -0.890. The molecule has 1 aliphatic rings. The molecule has 2 heteroatoms. The van der Waals surface area contributed by atoms with Crippen molar-refractivity contribution >= 4 is 0 Å². The maximum atomic E-state index is 4.48.